The molecule has 0 spiro atoms. The number of carboxylic acids is 1. The predicted molar refractivity (Wildman–Crippen MR) is 98.7 cm³/mol. The molecular formula is C19H28N4O4. The number of hydrogen-bond acceptors (Lipinski definition) is 6. The molecule has 1 aliphatic carbocycles. The molecule has 0 aromatic carbocycles. The average molecular weight is 376 g/mol. The van der Waals surface area contributed by atoms with Crippen molar-refractivity contribution in [2.45, 2.75) is 58.4 Å². The van der Waals surface area contributed by atoms with Crippen LogP contribution in [0.2, 0.25) is 0 Å². The van der Waals surface area contributed by atoms with E-state index in [4.69, 9.17) is 5.73 Å². The van der Waals surface area contributed by atoms with Gasteiger partial charge < -0.3 is 10.8 Å². The van der Waals surface area contributed by atoms with Gasteiger partial charge in [-0.2, -0.15) is 0 Å². The molecule has 1 aliphatic rings. The number of amides is 2. The minimum atomic E-state index is -1.72. The predicted octanol–water partition coefficient (Wildman–Crippen LogP) is 1.85. The summed E-state index contributed by atoms with van der Waals surface area (Å²) in [5, 5.41) is 10.4. The molecule has 1 aromatic rings. The second kappa shape index (κ2) is 8.12. The summed E-state index contributed by atoms with van der Waals surface area (Å²) in [6.07, 6.45) is 7.96. The maximum atomic E-state index is 13.3. The van der Waals surface area contributed by atoms with Crippen LogP contribution in [0.25, 0.3) is 0 Å². The molecule has 27 heavy (non-hydrogen) atoms. The van der Waals surface area contributed by atoms with Crippen molar-refractivity contribution in [3.05, 3.63) is 24.3 Å². The van der Waals surface area contributed by atoms with Crippen molar-refractivity contribution in [3.63, 3.8) is 0 Å². The molecule has 0 radical (unpaired) electrons. The minimum Gasteiger partial charge on any atom is -0.479 e. The van der Waals surface area contributed by atoms with Gasteiger partial charge in [0.2, 0.25) is 5.91 Å². The van der Waals surface area contributed by atoms with Crippen LogP contribution < -0.4 is 5.73 Å². The first-order valence-corrected chi connectivity index (χ1v) is 9.24. The monoisotopic (exact) mass is 376 g/mol. The number of aliphatic carboxylic acids is 1. The van der Waals surface area contributed by atoms with Crippen LogP contribution >= 0.6 is 0 Å². The van der Waals surface area contributed by atoms with E-state index in [0.29, 0.717) is 12.8 Å². The summed E-state index contributed by atoms with van der Waals surface area (Å²) in [5.74, 6) is -3.06. The van der Waals surface area contributed by atoms with Crippen molar-refractivity contribution in [2.75, 3.05) is 6.54 Å². The minimum absolute atomic E-state index is 0.0787. The highest BCUT2D eigenvalue weighted by Gasteiger charge is 2.61. The van der Waals surface area contributed by atoms with Crippen LogP contribution in [-0.4, -0.2) is 49.8 Å². The molecular weight excluding hydrogens is 348 g/mol. The molecule has 148 valence electrons. The zero-order chi connectivity index (χ0) is 20.2. The quantitative estimate of drug-likeness (QED) is 0.803. The second-order valence-corrected chi connectivity index (χ2v) is 7.99. The van der Waals surface area contributed by atoms with E-state index in [1.807, 2.05) is 0 Å². The normalized spacial score (nSPS) is 17.8. The number of carbonyl (C=O) groups is 3. The molecule has 1 saturated carbocycles. The van der Waals surface area contributed by atoms with E-state index in [1.54, 1.807) is 20.8 Å². The first-order chi connectivity index (χ1) is 12.7. The molecule has 0 bridgehead atoms. The molecule has 1 fully saturated rings. The van der Waals surface area contributed by atoms with Gasteiger partial charge in [0.25, 0.3) is 5.91 Å². The summed E-state index contributed by atoms with van der Waals surface area (Å²) in [6.45, 7) is 4.77. The number of nitrogens with two attached hydrogens (primary N) is 1. The lowest BCUT2D eigenvalue weighted by Gasteiger charge is -2.52. The third-order valence-electron chi connectivity index (χ3n) is 5.43. The Balaban J connectivity index is 2.71. The first-order valence-electron chi connectivity index (χ1n) is 9.24. The Bertz CT molecular complexity index is 695. The van der Waals surface area contributed by atoms with Crippen LogP contribution in [0.5, 0.6) is 0 Å². The van der Waals surface area contributed by atoms with E-state index >= 15 is 0 Å². The molecule has 0 unspecified atom stereocenters. The molecule has 8 nitrogen and oxygen atoms in total. The molecule has 8 heteroatoms. The summed E-state index contributed by atoms with van der Waals surface area (Å²) in [4.78, 5) is 47.6. The Kier molecular flexibility index (Phi) is 6.30. The molecule has 2 rings (SSSR count). The van der Waals surface area contributed by atoms with Crippen LogP contribution in [-0.2, 0) is 9.59 Å². The average Bonchev–Trinajstić information content (AvgIpc) is 2.65. The van der Waals surface area contributed by atoms with Crippen LogP contribution in [0.15, 0.2) is 18.6 Å². The highest BCUT2D eigenvalue weighted by molar-refractivity contribution is 6.08. The zero-order valence-corrected chi connectivity index (χ0v) is 16.1. The molecule has 0 saturated heterocycles. The molecule has 1 heterocycles. The van der Waals surface area contributed by atoms with Gasteiger partial charge in [-0.3, -0.25) is 19.5 Å². The van der Waals surface area contributed by atoms with Crippen molar-refractivity contribution >= 4 is 17.8 Å². The Hall–Kier alpha value is -2.35. The van der Waals surface area contributed by atoms with E-state index < -0.39 is 35.3 Å². The van der Waals surface area contributed by atoms with E-state index in [0.717, 1.165) is 24.2 Å². The van der Waals surface area contributed by atoms with Crippen molar-refractivity contribution in [2.24, 2.45) is 17.1 Å². The third-order valence-corrected chi connectivity index (χ3v) is 5.43. The maximum absolute atomic E-state index is 13.3. The number of aromatic nitrogens is 2. The fourth-order valence-electron chi connectivity index (χ4n) is 4.33. The van der Waals surface area contributed by atoms with Crippen LogP contribution in [0, 0.1) is 11.3 Å². The highest BCUT2D eigenvalue weighted by Crippen LogP contribution is 2.48. The Morgan fingerprint density at radius 1 is 1.19 bits per heavy atom. The maximum Gasteiger partial charge on any atom is 0.330 e. The number of nitrogens with zero attached hydrogens (tertiary/aromatic N) is 3. The molecule has 1 atom stereocenters. The van der Waals surface area contributed by atoms with E-state index in [-0.39, 0.29) is 11.6 Å². The lowest BCUT2D eigenvalue weighted by atomic mass is 9.61. The van der Waals surface area contributed by atoms with Crippen molar-refractivity contribution in [3.8, 4) is 0 Å². The molecule has 2 amide bonds. The van der Waals surface area contributed by atoms with Crippen molar-refractivity contribution in [1.29, 1.82) is 0 Å². The van der Waals surface area contributed by atoms with Gasteiger partial charge in [-0.1, -0.05) is 40.0 Å². The summed E-state index contributed by atoms with van der Waals surface area (Å²) in [6, 6.07) is 0. The largest absolute Gasteiger partial charge is 0.479 e. The van der Waals surface area contributed by atoms with Gasteiger partial charge in [-0.15, -0.1) is 0 Å². The second-order valence-electron chi connectivity index (χ2n) is 7.99. The lowest BCUT2D eigenvalue weighted by molar-refractivity contribution is -0.171. The van der Waals surface area contributed by atoms with Gasteiger partial charge in [-0.05, 0) is 24.2 Å². The van der Waals surface area contributed by atoms with E-state index in [1.165, 1.54) is 18.6 Å². The summed E-state index contributed by atoms with van der Waals surface area (Å²) in [7, 11) is 0. The summed E-state index contributed by atoms with van der Waals surface area (Å²) >= 11 is 0. The van der Waals surface area contributed by atoms with Gasteiger partial charge in [0.05, 0.1) is 12.7 Å². The molecule has 3 N–H and O–H groups in total. The number of hydrogen-bond donors (Lipinski definition) is 2. The number of rotatable bonds is 5. The third kappa shape index (κ3) is 3.71. The SMILES string of the molecule is CC(C)(C)[C@](C(=O)O)(C1CCCCC1)N(C(=O)CN)C(=O)c1cnccn1. The Morgan fingerprint density at radius 3 is 2.26 bits per heavy atom. The zero-order valence-electron chi connectivity index (χ0n) is 16.1. The van der Waals surface area contributed by atoms with Gasteiger partial charge in [0.1, 0.15) is 5.69 Å². The lowest BCUT2D eigenvalue weighted by Crippen LogP contribution is -2.70. The van der Waals surface area contributed by atoms with Crippen LogP contribution in [0.3, 0.4) is 0 Å². The molecule has 0 aliphatic heterocycles. The van der Waals surface area contributed by atoms with Crippen LogP contribution in [0.4, 0.5) is 0 Å². The van der Waals surface area contributed by atoms with Gasteiger partial charge in [0.15, 0.2) is 5.54 Å². The fraction of sp³-hybridized carbons (Fsp3) is 0.632. The Morgan fingerprint density at radius 2 is 1.81 bits per heavy atom. The van der Waals surface area contributed by atoms with Gasteiger partial charge >= 0.3 is 5.97 Å². The summed E-state index contributed by atoms with van der Waals surface area (Å²) in [5.41, 5.74) is 2.87. The number of carbonyl (C=O) groups excluding carboxylic acids is 2. The molecule has 1 aromatic heterocycles. The Labute approximate surface area is 159 Å². The number of carboxylic acid groups (broad SMARTS) is 1. The highest BCUT2D eigenvalue weighted by atomic mass is 16.4. The topological polar surface area (TPSA) is 126 Å². The fourth-order valence-corrected chi connectivity index (χ4v) is 4.33. The smallest absolute Gasteiger partial charge is 0.330 e. The number of imide groups is 1. The van der Waals surface area contributed by atoms with Gasteiger partial charge in [-0.25, -0.2) is 9.78 Å². The van der Waals surface area contributed by atoms with Crippen molar-refractivity contribution < 1.29 is 19.5 Å². The first kappa shape index (κ1) is 21.0. The van der Waals surface area contributed by atoms with E-state index in [2.05, 4.69) is 9.97 Å². The standard InChI is InChI=1S/C19H28N4O4/c1-18(2,3)19(17(26)27,13-7-5-4-6-8-13)23(15(24)11-20)16(25)14-12-21-9-10-22-14/h9-10,12-13H,4-8,11,20H2,1-3H3,(H,26,27)/t19-/m1/s1. The van der Waals surface area contributed by atoms with Crippen LogP contribution in [0.1, 0.15) is 63.4 Å². The summed E-state index contributed by atoms with van der Waals surface area (Å²) < 4.78 is 0. The van der Waals surface area contributed by atoms with Crippen molar-refractivity contribution in [1.82, 2.24) is 14.9 Å². The van der Waals surface area contributed by atoms with E-state index in [9.17, 15) is 19.5 Å². The van der Waals surface area contributed by atoms with Gasteiger partial charge in [0, 0.05) is 12.4 Å².